The molecule has 0 spiro atoms. The molecule has 0 bridgehead atoms. The molecule has 21 heavy (non-hydrogen) atoms. The fraction of sp³-hybridized carbons (Fsp3) is 0.611. The molecule has 0 heterocycles. The molecule has 0 aliphatic carbocycles. The van der Waals surface area contributed by atoms with E-state index in [9.17, 15) is 4.79 Å². The predicted molar refractivity (Wildman–Crippen MR) is 90.8 cm³/mol. The van der Waals surface area contributed by atoms with Crippen LogP contribution in [0.5, 0.6) is 0 Å². The highest BCUT2D eigenvalue weighted by molar-refractivity contribution is 5.91. The van der Waals surface area contributed by atoms with Crippen LogP contribution in [0.1, 0.15) is 76.8 Å². The smallest absolute Gasteiger partial charge is 0.224 e. The van der Waals surface area contributed by atoms with Crippen LogP contribution in [0.4, 0.5) is 5.69 Å². The second kappa shape index (κ2) is 8.18. The van der Waals surface area contributed by atoms with E-state index in [1.807, 2.05) is 13.0 Å². The van der Waals surface area contributed by atoms with Gasteiger partial charge in [0.15, 0.2) is 0 Å². The van der Waals surface area contributed by atoms with Crippen LogP contribution in [0.3, 0.4) is 0 Å². The monoisotopic (exact) mass is 290 g/mol. The van der Waals surface area contributed by atoms with Crippen molar-refractivity contribution in [1.29, 1.82) is 0 Å². The van der Waals surface area contributed by atoms with Crippen LogP contribution in [-0.4, -0.2) is 11.9 Å². The Balaban J connectivity index is 2.75. The van der Waals surface area contributed by atoms with Gasteiger partial charge in [-0.2, -0.15) is 0 Å². The SMILES string of the molecule is CC(N)CCCC(=O)Nc1ccc(C(C)C)cc1C(C)C. The molecular weight excluding hydrogens is 260 g/mol. The zero-order valence-corrected chi connectivity index (χ0v) is 14.1. The first-order valence-corrected chi connectivity index (χ1v) is 8.00. The second-order valence-corrected chi connectivity index (χ2v) is 6.57. The summed E-state index contributed by atoms with van der Waals surface area (Å²) >= 11 is 0. The average molecular weight is 290 g/mol. The van der Waals surface area contributed by atoms with Crippen molar-refractivity contribution in [1.82, 2.24) is 0 Å². The van der Waals surface area contributed by atoms with Crippen LogP contribution >= 0.6 is 0 Å². The Hall–Kier alpha value is -1.35. The highest BCUT2D eigenvalue weighted by atomic mass is 16.1. The maximum absolute atomic E-state index is 12.0. The van der Waals surface area contributed by atoms with Crippen LogP contribution in [0.15, 0.2) is 18.2 Å². The number of hydrogen-bond acceptors (Lipinski definition) is 2. The molecule has 118 valence electrons. The Morgan fingerprint density at radius 3 is 2.33 bits per heavy atom. The average Bonchev–Trinajstić information content (AvgIpc) is 2.38. The molecule has 0 fully saturated rings. The van der Waals surface area contributed by atoms with Crippen molar-refractivity contribution in [2.75, 3.05) is 5.32 Å². The lowest BCUT2D eigenvalue weighted by Crippen LogP contribution is -2.17. The molecule has 0 aromatic heterocycles. The number of anilines is 1. The van der Waals surface area contributed by atoms with Crippen LogP contribution in [0.2, 0.25) is 0 Å². The lowest BCUT2D eigenvalue weighted by Gasteiger charge is -2.17. The molecule has 1 aromatic carbocycles. The second-order valence-electron chi connectivity index (χ2n) is 6.57. The van der Waals surface area contributed by atoms with Gasteiger partial charge in [0.1, 0.15) is 0 Å². The molecule has 0 radical (unpaired) electrons. The number of amides is 1. The van der Waals surface area contributed by atoms with Gasteiger partial charge in [-0.15, -0.1) is 0 Å². The highest BCUT2D eigenvalue weighted by Gasteiger charge is 2.12. The molecule has 3 N–H and O–H groups in total. The molecule has 1 atom stereocenters. The van der Waals surface area contributed by atoms with Crippen LogP contribution in [-0.2, 0) is 4.79 Å². The van der Waals surface area contributed by atoms with Crippen molar-refractivity contribution in [3.63, 3.8) is 0 Å². The summed E-state index contributed by atoms with van der Waals surface area (Å²) in [4.78, 5) is 12.0. The number of rotatable bonds is 7. The van der Waals surface area contributed by atoms with E-state index in [0.29, 0.717) is 18.3 Å². The van der Waals surface area contributed by atoms with Gasteiger partial charge in [-0.1, -0.05) is 39.8 Å². The van der Waals surface area contributed by atoms with Gasteiger partial charge in [-0.3, -0.25) is 4.79 Å². The maximum Gasteiger partial charge on any atom is 0.224 e. The molecule has 0 aliphatic heterocycles. The standard InChI is InChI=1S/C18H30N2O/c1-12(2)15-9-10-17(16(11-15)13(3)4)20-18(21)8-6-7-14(5)19/h9-14H,6-8,19H2,1-5H3,(H,20,21). The van der Waals surface area contributed by atoms with E-state index in [4.69, 9.17) is 5.73 Å². The summed E-state index contributed by atoms with van der Waals surface area (Å²) in [7, 11) is 0. The Morgan fingerprint density at radius 1 is 1.14 bits per heavy atom. The number of nitrogens with one attached hydrogen (secondary N) is 1. The van der Waals surface area contributed by atoms with E-state index in [1.54, 1.807) is 0 Å². The Labute approximate surface area is 129 Å². The number of nitrogens with two attached hydrogens (primary N) is 1. The third-order valence-corrected chi connectivity index (χ3v) is 3.70. The normalized spacial score (nSPS) is 12.8. The van der Waals surface area contributed by atoms with Crippen LogP contribution in [0.25, 0.3) is 0 Å². The summed E-state index contributed by atoms with van der Waals surface area (Å²) in [5.41, 5.74) is 9.18. The first-order chi connectivity index (χ1) is 9.81. The zero-order valence-electron chi connectivity index (χ0n) is 14.1. The fourth-order valence-electron chi connectivity index (χ4n) is 2.33. The van der Waals surface area contributed by atoms with E-state index < -0.39 is 0 Å². The van der Waals surface area contributed by atoms with Crippen molar-refractivity contribution in [2.45, 2.75) is 71.8 Å². The summed E-state index contributed by atoms with van der Waals surface area (Å²) < 4.78 is 0. The lowest BCUT2D eigenvalue weighted by molar-refractivity contribution is -0.116. The largest absolute Gasteiger partial charge is 0.328 e. The first kappa shape index (κ1) is 17.7. The van der Waals surface area contributed by atoms with Crippen molar-refractivity contribution in [3.05, 3.63) is 29.3 Å². The molecule has 3 nitrogen and oxygen atoms in total. The van der Waals surface area contributed by atoms with E-state index in [-0.39, 0.29) is 11.9 Å². The third-order valence-electron chi connectivity index (χ3n) is 3.70. The van der Waals surface area contributed by atoms with Crippen molar-refractivity contribution < 1.29 is 4.79 Å². The summed E-state index contributed by atoms with van der Waals surface area (Å²) in [6, 6.07) is 6.52. The molecular formula is C18H30N2O. The van der Waals surface area contributed by atoms with Gasteiger partial charge in [0.05, 0.1) is 0 Å². The van der Waals surface area contributed by atoms with E-state index in [1.165, 1.54) is 11.1 Å². The summed E-state index contributed by atoms with van der Waals surface area (Å²) in [6.45, 7) is 10.7. The molecule has 0 saturated heterocycles. The lowest BCUT2D eigenvalue weighted by atomic mass is 9.94. The molecule has 0 aliphatic rings. The minimum absolute atomic E-state index is 0.0786. The number of benzene rings is 1. The van der Waals surface area contributed by atoms with Gasteiger partial charge in [0, 0.05) is 18.2 Å². The van der Waals surface area contributed by atoms with Crippen molar-refractivity contribution in [2.24, 2.45) is 5.73 Å². The molecule has 1 amide bonds. The minimum atomic E-state index is 0.0786. The zero-order chi connectivity index (χ0) is 16.0. The maximum atomic E-state index is 12.0. The summed E-state index contributed by atoms with van der Waals surface area (Å²) in [6.07, 6.45) is 2.26. The molecule has 0 saturated carbocycles. The van der Waals surface area contributed by atoms with E-state index >= 15 is 0 Å². The third kappa shape index (κ3) is 5.88. The van der Waals surface area contributed by atoms with Crippen molar-refractivity contribution in [3.8, 4) is 0 Å². The van der Waals surface area contributed by atoms with Gasteiger partial charge < -0.3 is 11.1 Å². The molecule has 1 aromatic rings. The highest BCUT2D eigenvalue weighted by Crippen LogP contribution is 2.28. The topological polar surface area (TPSA) is 55.1 Å². The van der Waals surface area contributed by atoms with Gasteiger partial charge in [-0.25, -0.2) is 0 Å². The van der Waals surface area contributed by atoms with Gasteiger partial charge in [-0.05, 0) is 48.8 Å². The van der Waals surface area contributed by atoms with Gasteiger partial charge in [0.25, 0.3) is 0 Å². The van der Waals surface area contributed by atoms with Gasteiger partial charge in [0.2, 0.25) is 5.91 Å². The van der Waals surface area contributed by atoms with Gasteiger partial charge >= 0.3 is 0 Å². The molecule has 1 unspecified atom stereocenters. The minimum Gasteiger partial charge on any atom is -0.328 e. The van der Waals surface area contributed by atoms with Crippen molar-refractivity contribution >= 4 is 11.6 Å². The number of carbonyl (C=O) groups excluding carboxylic acids is 1. The van der Waals surface area contributed by atoms with Crippen LogP contribution < -0.4 is 11.1 Å². The predicted octanol–water partition coefficient (Wildman–Crippen LogP) is 4.39. The molecule has 1 rings (SSSR count). The summed E-state index contributed by atoms with van der Waals surface area (Å²) in [5, 5.41) is 3.05. The molecule has 3 heteroatoms. The number of carbonyl (C=O) groups is 1. The Kier molecular flexibility index (Phi) is 6.90. The van der Waals surface area contributed by atoms with Crippen LogP contribution in [0, 0.1) is 0 Å². The Bertz CT molecular complexity index is 464. The number of hydrogen-bond donors (Lipinski definition) is 2. The first-order valence-electron chi connectivity index (χ1n) is 8.00. The summed E-state index contributed by atoms with van der Waals surface area (Å²) in [5.74, 6) is 0.969. The van der Waals surface area contributed by atoms with E-state index in [2.05, 4.69) is 45.1 Å². The quantitative estimate of drug-likeness (QED) is 0.782. The Morgan fingerprint density at radius 2 is 1.81 bits per heavy atom. The fourth-order valence-corrected chi connectivity index (χ4v) is 2.33. The van der Waals surface area contributed by atoms with E-state index in [0.717, 1.165) is 18.5 Å².